The Labute approximate surface area is 104 Å². The van der Waals surface area contributed by atoms with Crippen LogP contribution in [0.3, 0.4) is 0 Å². The summed E-state index contributed by atoms with van der Waals surface area (Å²) in [5.41, 5.74) is 1.35. The third kappa shape index (κ3) is 5.68. The monoisotopic (exact) mass is 236 g/mol. The second-order valence-corrected chi connectivity index (χ2v) is 5.47. The van der Waals surface area contributed by atoms with Gasteiger partial charge in [0.25, 0.3) is 0 Å². The van der Waals surface area contributed by atoms with Crippen LogP contribution >= 0.6 is 0 Å². The molecule has 3 nitrogen and oxygen atoms in total. The summed E-state index contributed by atoms with van der Waals surface area (Å²) in [5, 5.41) is 13.5. The van der Waals surface area contributed by atoms with Crippen molar-refractivity contribution in [2.75, 3.05) is 11.9 Å². The lowest BCUT2D eigenvalue weighted by molar-refractivity contribution is 0.0586. The van der Waals surface area contributed by atoms with Crippen LogP contribution in [0.15, 0.2) is 18.3 Å². The van der Waals surface area contributed by atoms with E-state index in [-0.39, 0.29) is 0 Å². The number of pyridine rings is 1. The quantitative estimate of drug-likeness (QED) is 0.798. The van der Waals surface area contributed by atoms with E-state index in [1.807, 2.05) is 26.0 Å². The summed E-state index contributed by atoms with van der Waals surface area (Å²) in [5.74, 6) is 0.629. The van der Waals surface area contributed by atoms with Gasteiger partial charge in [0, 0.05) is 24.1 Å². The van der Waals surface area contributed by atoms with Crippen LogP contribution in [-0.4, -0.2) is 22.2 Å². The second kappa shape index (κ2) is 6.01. The highest BCUT2D eigenvalue weighted by molar-refractivity contribution is 5.43. The van der Waals surface area contributed by atoms with Gasteiger partial charge in [0.1, 0.15) is 0 Å². The Hall–Kier alpha value is -1.09. The van der Waals surface area contributed by atoms with Crippen molar-refractivity contribution >= 4 is 5.69 Å². The fourth-order valence-electron chi connectivity index (χ4n) is 1.64. The van der Waals surface area contributed by atoms with E-state index in [1.165, 1.54) is 0 Å². The molecule has 0 aliphatic heterocycles. The van der Waals surface area contributed by atoms with Crippen LogP contribution in [0.4, 0.5) is 5.69 Å². The molecule has 0 bridgehead atoms. The maximum atomic E-state index is 10.2. The molecule has 1 rings (SSSR count). The second-order valence-electron chi connectivity index (χ2n) is 5.47. The van der Waals surface area contributed by atoms with Gasteiger partial charge in [-0.2, -0.15) is 0 Å². The van der Waals surface area contributed by atoms with Gasteiger partial charge in [-0.15, -0.1) is 0 Å². The van der Waals surface area contributed by atoms with E-state index in [0.29, 0.717) is 12.5 Å². The Morgan fingerprint density at radius 1 is 1.47 bits per heavy atom. The lowest BCUT2D eigenvalue weighted by Gasteiger charge is -2.25. The fourth-order valence-corrected chi connectivity index (χ4v) is 1.64. The van der Waals surface area contributed by atoms with Crippen molar-refractivity contribution in [2.24, 2.45) is 5.92 Å². The smallest absolute Gasteiger partial charge is 0.0791 e. The minimum Gasteiger partial charge on any atom is -0.388 e. The molecule has 0 saturated heterocycles. The molecule has 17 heavy (non-hydrogen) atoms. The van der Waals surface area contributed by atoms with Crippen molar-refractivity contribution in [1.82, 2.24) is 4.98 Å². The first kappa shape index (κ1) is 14.0. The van der Waals surface area contributed by atoms with E-state index in [4.69, 9.17) is 0 Å². The number of aryl methyl sites for hydroxylation is 1. The first-order valence-electron chi connectivity index (χ1n) is 6.28. The molecule has 0 aliphatic rings. The molecule has 3 heteroatoms. The number of rotatable bonds is 6. The summed E-state index contributed by atoms with van der Waals surface area (Å²) in [6.45, 7) is 8.77. The summed E-state index contributed by atoms with van der Waals surface area (Å²) in [6.07, 6.45) is 3.65. The summed E-state index contributed by atoms with van der Waals surface area (Å²) in [7, 11) is 0. The molecule has 1 unspecified atom stereocenters. The normalized spacial score (nSPS) is 14.7. The summed E-state index contributed by atoms with van der Waals surface area (Å²) in [6, 6.07) is 3.91. The number of aromatic nitrogens is 1. The van der Waals surface area contributed by atoms with E-state index in [1.54, 1.807) is 6.20 Å². The number of hydrogen-bond donors (Lipinski definition) is 2. The molecule has 0 spiro atoms. The molecule has 1 aromatic heterocycles. The molecular weight excluding hydrogens is 212 g/mol. The predicted molar refractivity (Wildman–Crippen MR) is 72.2 cm³/mol. The van der Waals surface area contributed by atoms with Crippen molar-refractivity contribution in [3.63, 3.8) is 0 Å². The lowest BCUT2D eigenvalue weighted by atomic mass is 9.95. The number of aliphatic hydroxyl groups is 1. The topological polar surface area (TPSA) is 45.1 Å². The number of nitrogens with one attached hydrogen (secondary N) is 1. The molecule has 96 valence electrons. The first-order chi connectivity index (χ1) is 7.89. The summed E-state index contributed by atoms with van der Waals surface area (Å²) >= 11 is 0. The highest BCUT2D eigenvalue weighted by atomic mass is 16.3. The molecule has 0 aliphatic carbocycles. The zero-order valence-electron chi connectivity index (χ0n) is 11.3. The molecule has 1 heterocycles. The Morgan fingerprint density at radius 3 is 2.76 bits per heavy atom. The van der Waals surface area contributed by atoms with E-state index in [2.05, 4.69) is 24.1 Å². The number of anilines is 1. The summed E-state index contributed by atoms with van der Waals surface area (Å²) in [4.78, 5) is 4.14. The Morgan fingerprint density at radius 2 is 2.18 bits per heavy atom. The molecule has 0 aromatic carbocycles. The molecule has 1 aromatic rings. The maximum Gasteiger partial charge on any atom is 0.0791 e. The van der Waals surface area contributed by atoms with Crippen molar-refractivity contribution in [2.45, 2.75) is 46.1 Å². The van der Waals surface area contributed by atoms with Crippen LogP contribution in [0.5, 0.6) is 0 Å². The minimum absolute atomic E-state index is 0.573. The van der Waals surface area contributed by atoms with Crippen LogP contribution in [0, 0.1) is 12.8 Å². The van der Waals surface area contributed by atoms with Gasteiger partial charge >= 0.3 is 0 Å². The van der Waals surface area contributed by atoms with Gasteiger partial charge in [-0.05, 0) is 44.7 Å². The SMILES string of the molecule is Cc1cc(NCC(C)(O)CCC(C)C)ccn1. The van der Waals surface area contributed by atoms with Crippen LogP contribution in [0.1, 0.15) is 39.3 Å². The van der Waals surface area contributed by atoms with Crippen LogP contribution in [-0.2, 0) is 0 Å². The number of nitrogens with zero attached hydrogens (tertiary/aromatic N) is 1. The number of hydrogen-bond acceptors (Lipinski definition) is 3. The maximum absolute atomic E-state index is 10.2. The molecular formula is C14H24N2O. The molecule has 0 fully saturated rings. The minimum atomic E-state index is -0.651. The molecule has 2 N–H and O–H groups in total. The Balaban J connectivity index is 2.43. The van der Waals surface area contributed by atoms with E-state index < -0.39 is 5.60 Å². The van der Waals surface area contributed by atoms with Gasteiger partial charge in [-0.3, -0.25) is 4.98 Å². The summed E-state index contributed by atoms with van der Waals surface area (Å²) < 4.78 is 0. The van der Waals surface area contributed by atoms with E-state index >= 15 is 0 Å². The van der Waals surface area contributed by atoms with Crippen LogP contribution < -0.4 is 5.32 Å². The Kier molecular flexibility index (Phi) is 4.94. The lowest BCUT2D eigenvalue weighted by Crippen LogP contribution is -2.33. The van der Waals surface area contributed by atoms with Gasteiger partial charge in [-0.25, -0.2) is 0 Å². The average molecular weight is 236 g/mol. The highest BCUT2D eigenvalue weighted by Gasteiger charge is 2.20. The molecule has 1 atom stereocenters. The zero-order chi connectivity index (χ0) is 12.9. The largest absolute Gasteiger partial charge is 0.388 e. The molecule has 0 amide bonds. The van der Waals surface area contributed by atoms with Gasteiger partial charge in [0.05, 0.1) is 5.60 Å². The zero-order valence-corrected chi connectivity index (χ0v) is 11.3. The average Bonchev–Trinajstić information content (AvgIpc) is 2.24. The third-order valence-corrected chi connectivity index (χ3v) is 2.83. The van der Waals surface area contributed by atoms with Crippen molar-refractivity contribution < 1.29 is 5.11 Å². The fraction of sp³-hybridized carbons (Fsp3) is 0.643. The van der Waals surface area contributed by atoms with Crippen molar-refractivity contribution in [3.8, 4) is 0 Å². The predicted octanol–water partition coefficient (Wildman–Crippen LogP) is 2.99. The first-order valence-corrected chi connectivity index (χ1v) is 6.28. The molecule has 0 saturated carbocycles. The van der Waals surface area contributed by atoms with Crippen LogP contribution in [0.25, 0.3) is 0 Å². The van der Waals surface area contributed by atoms with Gasteiger partial charge < -0.3 is 10.4 Å². The third-order valence-electron chi connectivity index (χ3n) is 2.83. The van der Waals surface area contributed by atoms with Gasteiger partial charge in [-0.1, -0.05) is 13.8 Å². The van der Waals surface area contributed by atoms with Crippen LogP contribution in [0.2, 0.25) is 0 Å². The van der Waals surface area contributed by atoms with Gasteiger partial charge in [0.2, 0.25) is 0 Å². The highest BCUT2D eigenvalue weighted by Crippen LogP contribution is 2.17. The van der Waals surface area contributed by atoms with E-state index in [0.717, 1.165) is 24.2 Å². The Bertz CT molecular complexity index is 348. The molecule has 0 radical (unpaired) electrons. The van der Waals surface area contributed by atoms with Crippen molar-refractivity contribution in [1.29, 1.82) is 0 Å². The standard InChI is InChI=1S/C14H24N2O/c1-11(2)5-7-14(4,17)10-16-13-6-8-15-12(3)9-13/h6,8-9,11,17H,5,7,10H2,1-4H3,(H,15,16). The van der Waals surface area contributed by atoms with E-state index in [9.17, 15) is 5.11 Å². The van der Waals surface area contributed by atoms with Crippen molar-refractivity contribution in [3.05, 3.63) is 24.0 Å². The van der Waals surface area contributed by atoms with Gasteiger partial charge in [0.15, 0.2) is 0 Å².